The zero-order valence-corrected chi connectivity index (χ0v) is 11.3. The number of fused-ring (bicyclic) bond motifs is 1. The van der Waals surface area contributed by atoms with Crippen LogP contribution < -0.4 is 16.3 Å². The average Bonchev–Trinajstić information content (AvgIpc) is 2.80. The third-order valence-electron chi connectivity index (χ3n) is 4.26. The van der Waals surface area contributed by atoms with Crippen molar-refractivity contribution < 1.29 is 0 Å². The van der Waals surface area contributed by atoms with Crippen LogP contribution in [0.2, 0.25) is 0 Å². The Balaban J connectivity index is 1.79. The van der Waals surface area contributed by atoms with Crippen LogP contribution in [0, 0.1) is 5.92 Å². The number of H-pyrrole nitrogens is 1. The summed E-state index contributed by atoms with van der Waals surface area (Å²) in [6.45, 7) is 2.84. The molecule has 104 valence electrons. The molecule has 0 atom stereocenters. The summed E-state index contributed by atoms with van der Waals surface area (Å²) in [7, 11) is 0. The van der Waals surface area contributed by atoms with Gasteiger partial charge in [0.2, 0.25) is 0 Å². The molecular formula is C14H22N4O. The second kappa shape index (κ2) is 5.74. The molecule has 1 aliphatic heterocycles. The Bertz CT molecular complexity index is 491. The number of nitrogens with one attached hydrogen (secondary N) is 3. The van der Waals surface area contributed by atoms with E-state index in [9.17, 15) is 4.79 Å². The van der Waals surface area contributed by atoms with Crippen LogP contribution in [-0.2, 0) is 12.8 Å². The van der Waals surface area contributed by atoms with E-state index < -0.39 is 0 Å². The first kappa shape index (κ1) is 12.7. The smallest absolute Gasteiger partial charge is 0.347 e. The summed E-state index contributed by atoms with van der Waals surface area (Å²) >= 11 is 0. The average molecular weight is 262 g/mol. The van der Waals surface area contributed by atoms with Gasteiger partial charge in [-0.15, -0.1) is 0 Å². The van der Waals surface area contributed by atoms with Gasteiger partial charge in [-0.2, -0.15) is 4.98 Å². The maximum absolute atomic E-state index is 11.6. The molecule has 3 rings (SSSR count). The number of hydrogen-bond donors (Lipinski definition) is 3. The van der Waals surface area contributed by atoms with Crippen molar-refractivity contribution >= 4 is 5.82 Å². The quantitative estimate of drug-likeness (QED) is 0.762. The van der Waals surface area contributed by atoms with Crippen LogP contribution in [0.1, 0.15) is 36.9 Å². The van der Waals surface area contributed by atoms with Crippen LogP contribution >= 0.6 is 0 Å². The summed E-state index contributed by atoms with van der Waals surface area (Å²) in [6, 6.07) is 0. The molecular weight excluding hydrogens is 240 g/mol. The lowest BCUT2D eigenvalue weighted by molar-refractivity contribution is 0.578. The van der Waals surface area contributed by atoms with E-state index in [-0.39, 0.29) is 5.69 Å². The highest BCUT2D eigenvalue weighted by Gasteiger charge is 2.18. The Morgan fingerprint density at radius 3 is 2.84 bits per heavy atom. The molecule has 0 radical (unpaired) electrons. The molecule has 19 heavy (non-hydrogen) atoms. The van der Waals surface area contributed by atoms with Crippen molar-refractivity contribution in [2.45, 2.75) is 38.5 Å². The van der Waals surface area contributed by atoms with E-state index >= 15 is 0 Å². The minimum atomic E-state index is -0.227. The SMILES string of the molecule is O=c1nc(NCC2CCCC2)c2c([nH]1)CCNCC2. The largest absolute Gasteiger partial charge is 0.369 e. The lowest BCUT2D eigenvalue weighted by atomic mass is 10.1. The number of anilines is 1. The number of nitrogens with zero attached hydrogens (tertiary/aromatic N) is 1. The molecule has 0 bridgehead atoms. The predicted octanol–water partition coefficient (Wildman–Crippen LogP) is 1.06. The van der Waals surface area contributed by atoms with E-state index in [1.165, 1.54) is 31.2 Å². The molecule has 1 aromatic heterocycles. The van der Waals surface area contributed by atoms with E-state index in [2.05, 4.69) is 20.6 Å². The van der Waals surface area contributed by atoms with Gasteiger partial charge in [-0.25, -0.2) is 4.79 Å². The zero-order valence-electron chi connectivity index (χ0n) is 11.3. The van der Waals surface area contributed by atoms with Crippen molar-refractivity contribution in [3.8, 4) is 0 Å². The van der Waals surface area contributed by atoms with Gasteiger partial charge in [0.15, 0.2) is 0 Å². The first-order valence-corrected chi connectivity index (χ1v) is 7.39. The Labute approximate surface area is 113 Å². The first-order valence-electron chi connectivity index (χ1n) is 7.39. The van der Waals surface area contributed by atoms with Crippen molar-refractivity contribution in [1.29, 1.82) is 0 Å². The number of hydrogen-bond acceptors (Lipinski definition) is 4. The van der Waals surface area contributed by atoms with Gasteiger partial charge in [0, 0.05) is 30.8 Å². The summed E-state index contributed by atoms with van der Waals surface area (Å²) in [6.07, 6.45) is 7.12. The molecule has 1 fully saturated rings. The highest BCUT2D eigenvalue weighted by Crippen LogP contribution is 2.25. The fourth-order valence-electron chi connectivity index (χ4n) is 3.18. The molecule has 0 saturated heterocycles. The standard InChI is InChI=1S/C14H22N4O/c19-14-17-12-6-8-15-7-5-11(12)13(18-14)16-9-10-3-1-2-4-10/h10,15H,1-9H2,(H2,16,17,18,19). The van der Waals surface area contributed by atoms with E-state index in [0.717, 1.165) is 49.9 Å². The van der Waals surface area contributed by atoms with Gasteiger partial charge in [-0.1, -0.05) is 12.8 Å². The van der Waals surface area contributed by atoms with Gasteiger partial charge in [-0.3, -0.25) is 0 Å². The van der Waals surface area contributed by atoms with Crippen molar-refractivity contribution in [2.24, 2.45) is 5.92 Å². The van der Waals surface area contributed by atoms with Gasteiger partial charge in [0.05, 0.1) is 0 Å². The Kier molecular flexibility index (Phi) is 3.82. The fourth-order valence-corrected chi connectivity index (χ4v) is 3.18. The lowest BCUT2D eigenvalue weighted by Gasteiger charge is -2.15. The maximum Gasteiger partial charge on any atom is 0.347 e. The molecule has 0 spiro atoms. The molecule has 5 heteroatoms. The second-order valence-corrected chi connectivity index (χ2v) is 5.63. The minimum absolute atomic E-state index is 0.227. The minimum Gasteiger partial charge on any atom is -0.369 e. The monoisotopic (exact) mass is 262 g/mol. The normalized spacial score (nSPS) is 20.0. The van der Waals surface area contributed by atoms with Crippen LogP contribution in [0.5, 0.6) is 0 Å². The van der Waals surface area contributed by atoms with Crippen LogP contribution in [0.25, 0.3) is 0 Å². The van der Waals surface area contributed by atoms with Crippen LogP contribution in [0.3, 0.4) is 0 Å². The van der Waals surface area contributed by atoms with E-state index in [1.807, 2.05) is 0 Å². The molecule has 3 N–H and O–H groups in total. The summed E-state index contributed by atoms with van der Waals surface area (Å²) < 4.78 is 0. The predicted molar refractivity (Wildman–Crippen MR) is 75.6 cm³/mol. The van der Waals surface area contributed by atoms with E-state index in [0.29, 0.717) is 0 Å². The molecule has 0 amide bonds. The number of rotatable bonds is 3. The fraction of sp³-hybridized carbons (Fsp3) is 0.714. The van der Waals surface area contributed by atoms with Crippen LogP contribution in [0.15, 0.2) is 4.79 Å². The van der Waals surface area contributed by atoms with Gasteiger partial charge < -0.3 is 15.6 Å². The number of aromatic nitrogens is 2. The van der Waals surface area contributed by atoms with Crippen molar-refractivity contribution in [3.05, 3.63) is 21.7 Å². The Morgan fingerprint density at radius 1 is 1.21 bits per heavy atom. The first-order chi connectivity index (χ1) is 9.33. The summed E-state index contributed by atoms with van der Waals surface area (Å²) in [5.41, 5.74) is 2.02. The topological polar surface area (TPSA) is 69.8 Å². The molecule has 2 aliphatic rings. The van der Waals surface area contributed by atoms with Crippen molar-refractivity contribution in [3.63, 3.8) is 0 Å². The van der Waals surface area contributed by atoms with Crippen molar-refractivity contribution in [1.82, 2.24) is 15.3 Å². The third-order valence-corrected chi connectivity index (χ3v) is 4.26. The zero-order chi connectivity index (χ0) is 13.1. The molecule has 0 aromatic carbocycles. The molecule has 1 saturated carbocycles. The molecule has 2 heterocycles. The van der Waals surface area contributed by atoms with Crippen molar-refractivity contribution in [2.75, 3.05) is 25.0 Å². The van der Waals surface area contributed by atoms with Gasteiger partial charge in [0.25, 0.3) is 0 Å². The molecule has 5 nitrogen and oxygen atoms in total. The van der Waals surface area contributed by atoms with Crippen LogP contribution in [-0.4, -0.2) is 29.6 Å². The number of aromatic amines is 1. The highest BCUT2D eigenvalue weighted by atomic mass is 16.1. The Morgan fingerprint density at radius 2 is 2.00 bits per heavy atom. The summed E-state index contributed by atoms with van der Waals surface area (Å²) in [5.74, 6) is 1.56. The Hall–Kier alpha value is -1.36. The summed E-state index contributed by atoms with van der Waals surface area (Å²) in [5, 5.41) is 6.78. The van der Waals surface area contributed by atoms with Crippen LogP contribution in [0.4, 0.5) is 5.82 Å². The van der Waals surface area contributed by atoms with Gasteiger partial charge >= 0.3 is 5.69 Å². The lowest BCUT2D eigenvalue weighted by Crippen LogP contribution is -2.21. The second-order valence-electron chi connectivity index (χ2n) is 5.63. The molecule has 1 aliphatic carbocycles. The van der Waals surface area contributed by atoms with Gasteiger partial charge in [-0.05, 0) is 31.7 Å². The molecule has 1 aromatic rings. The third kappa shape index (κ3) is 2.97. The van der Waals surface area contributed by atoms with E-state index in [1.54, 1.807) is 0 Å². The molecule has 0 unspecified atom stereocenters. The van der Waals surface area contributed by atoms with Gasteiger partial charge in [0.1, 0.15) is 5.82 Å². The van der Waals surface area contributed by atoms with E-state index in [4.69, 9.17) is 0 Å². The highest BCUT2D eigenvalue weighted by molar-refractivity contribution is 5.46. The summed E-state index contributed by atoms with van der Waals surface area (Å²) in [4.78, 5) is 18.7. The maximum atomic E-state index is 11.6.